The van der Waals surface area contributed by atoms with Gasteiger partial charge in [-0.3, -0.25) is 14.9 Å². The van der Waals surface area contributed by atoms with Crippen LogP contribution in [0.1, 0.15) is 24.2 Å². The average molecular weight is 419 g/mol. The Morgan fingerprint density at radius 3 is 2.34 bits per heavy atom. The first-order valence-electron chi connectivity index (χ1n) is 9.51. The highest BCUT2D eigenvalue weighted by Gasteiger charge is 2.25. The number of carbonyl (C=O) groups excluding carboxylic acids is 1. The number of nitro groups is 1. The van der Waals surface area contributed by atoms with Gasteiger partial charge in [0.1, 0.15) is 0 Å². The Labute approximate surface area is 174 Å². The number of anilines is 2. The molecule has 1 amide bonds. The van der Waals surface area contributed by atoms with Gasteiger partial charge in [0, 0.05) is 51.4 Å². The Morgan fingerprint density at radius 1 is 1.14 bits per heavy atom. The molecule has 0 spiro atoms. The molecule has 0 atom stereocenters. The van der Waals surface area contributed by atoms with Crippen LogP contribution in [0.4, 0.5) is 17.3 Å². The monoisotopic (exact) mass is 418 g/mol. The molecule has 1 aromatic carbocycles. The van der Waals surface area contributed by atoms with Crippen molar-refractivity contribution in [2.45, 2.75) is 13.8 Å². The topological polar surface area (TPSA) is 95.7 Å². The molecule has 29 heavy (non-hydrogen) atoms. The lowest BCUT2D eigenvalue weighted by Crippen LogP contribution is -2.49. The van der Waals surface area contributed by atoms with Gasteiger partial charge in [0.25, 0.3) is 11.6 Å². The number of carbonyl (C=O) groups is 1. The van der Waals surface area contributed by atoms with Crippen LogP contribution in [0.3, 0.4) is 0 Å². The van der Waals surface area contributed by atoms with Gasteiger partial charge >= 0.3 is 0 Å². The third kappa shape index (κ3) is 4.56. The lowest BCUT2D eigenvalue weighted by Gasteiger charge is -2.35. The van der Waals surface area contributed by atoms with E-state index in [0.29, 0.717) is 26.2 Å². The maximum absolute atomic E-state index is 12.8. The molecule has 1 aromatic heterocycles. The number of halogens is 1. The molecule has 0 unspecified atom stereocenters. The first kappa shape index (κ1) is 20.8. The van der Waals surface area contributed by atoms with Crippen molar-refractivity contribution < 1.29 is 9.72 Å². The number of nitrogens with zero attached hydrogens (tertiary/aromatic N) is 6. The van der Waals surface area contributed by atoms with Crippen molar-refractivity contribution >= 4 is 34.8 Å². The molecular weight excluding hydrogens is 396 g/mol. The number of piperazine rings is 1. The van der Waals surface area contributed by atoms with Crippen LogP contribution in [-0.2, 0) is 0 Å². The van der Waals surface area contributed by atoms with Gasteiger partial charge < -0.3 is 14.7 Å². The molecule has 10 heteroatoms. The smallest absolute Gasteiger partial charge is 0.270 e. The van der Waals surface area contributed by atoms with Gasteiger partial charge in [-0.05, 0) is 32.0 Å². The number of benzene rings is 1. The lowest BCUT2D eigenvalue weighted by atomic mass is 10.1. The number of amides is 1. The van der Waals surface area contributed by atoms with E-state index >= 15 is 0 Å². The lowest BCUT2D eigenvalue weighted by molar-refractivity contribution is -0.384. The van der Waals surface area contributed by atoms with Gasteiger partial charge in [-0.2, -0.15) is 0 Å². The quantitative estimate of drug-likeness (QED) is 0.525. The second-order valence-corrected chi connectivity index (χ2v) is 7.03. The van der Waals surface area contributed by atoms with Crippen LogP contribution >= 0.6 is 11.6 Å². The van der Waals surface area contributed by atoms with Crippen molar-refractivity contribution in [2.75, 3.05) is 49.1 Å². The highest BCUT2D eigenvalue weighted by Crippen LogP contribution is 2.24. The summed E-state index contributed by atoms with van der Waals surface area (Å²) in [5.74, 6) is 1.40. The summed E-state index contributed by atoms with van der Waals surface area (Å²) in [4.78, 5) is 29.0. The van der Waals surface area contributed by atoms with Gasteiger partial charge in [0.15, 0.2) is 11.6 Å². The molecule has 1 aliphatic rings. The maximum atomic E-state index is 12.8. The Hall–Kier alpha value is -2.94. The van der Waals surface area contributed by atoms with Crippen LogP contribution < -0.4 is 9.80 Å². The van der Waals surface area contributed by atoms with E-state index in [0.717, 1.165) is 24.7 Å². The minimum atomic E-state index is -0.536. The van der Waals surface area contributed by atoms with Crippen molar-refractivity contribution in [3.05, 3.63) is 51.0 Å². The Kier molecular flexibility index (Phi) is 6.48. The van der Waals surface area contributed by atoms with Crippen LogP contribution in [0.5, 0.6) is 0 Å². The number of aromatic nitrogens is 2. The average Bonchev–Trinajstić information content (AvgIpc) is 2.74. The highest BCUT2D eigenvalue weighted by atomic mass is 35.5. The second kappa shape index (κ2) is 9.04. The summed E-state index contributed by atoms with van der Waals surface area (Å²) in [6, 6.07) is 7.82. The second-order valence-electron chi connectivity index (χ2n) is 6.62. The number of hydrogen-bond acceptors (Lipinski definition) is 7. The Bertz CT molecular complexity index is 880. The molecular formula is C19H23ClN6O3. The molecule has 0 radical (unpaired) electrons. The van der Waals surface area contributed by atoms with E-state index in [1.807, 2.05) is 12.1 Å². The number of hydrogen-bond donors (Lipinski definition) is 0. The van der Waals surface area contributed by atoms with Crippen molar-refractivity contribution in [3.63, 3.8) is 0 Å². The van der Waals surface area contributed by atoms with Gasteiger partial charge in [0.2, 0.25) is 0 Å². The SMILES string of the molecule is CCN(CC)c1ccc(N2CCN(C(=O)c3ccc([N+](=O)[O-])cc3Cl)CC2)nn1. The van der Waals surface area contributed by atoms with Crippen molar-refractivity contribution in [1.82, 2.24) is 15.1 Å². The molecule has 3 rings (SSSR count). The number of non-ortho nitro benzene ring substituents is 1. The molecule has 1 fully saturated rings. The maximum Gasteiger partial charge on any atom is 0.270 e. The molecule has 1 saturated heterocycles. The number of rotatable bonds is 6. The van der Waals surface area contributed by atoms with Crippen LogP contribution in [0.15, 0.2) is 30.3 Å². The molecule has 2 aromatic rings. The van der Waals surface area contributed by atoms with E-state index in [4.69, 9.17) is 11.6 Å². The van der Waals surface area contributed by atoms with E-state index in [-0.39, 0.29) is 22.2 Å². The normalized spacial score (nSPS) is 14.0. The van der Waals surface area contributed by atoms with E-state index < -0.39 is 4.92 Å². The standard InChI is InChI=1S/C19H23ClN6O3/c1-3-23(4-2)17-7-8-18(22-21-17)24-9-11-25(12-10-24)19(27)15-6-5-14(26(28)29)13-16(15)20/h5-8,13H,3-4,9-12H2,1-2H3. The van der Waals surface area contributed by atoms with Crippen LogP contribution in [-0.4, -0.2) is 65.2 Å². The van der Waals surface area contributed by atoms with Gasteiger partial charge in [0.05, 0.1) is 15.5 Å². The first-order chi connectivity index (χ1) is 13.9. The highest BCUT2D eigenvalue weighted by molar-refractivity contribution is 6.34. The van der Waals surface area contributed by atoms with Crippen molar-refractivity contribution in [1.29, 1.82) is 0 Å². The van der Waals surface area contributed by atoms with E-state index in [1.165, 1.54) is 18.2 Å². The minimum Gasteiger partial charge on any atom is -0.356 e. The molecule has 0 saturated carbocycles. The summed E-state index contributed by atoms with van der Waals surface area (Å²) >= 11 is 6.09. The molecule has 0 bridgehead atoms. The summed E-state index contributed by atoms with van der Waals surface area (Å²) in [6.07, 6.45) is 0. The Balaban J connectivity index is 1.63. The minimum absolute atomic E-state index is 0.0875. The molecule has 0 N–H and O–H groups in total. The van der Waals surface area contributed by atoms with Crippen molar-refractivity contribution in [3.8, 4) is 0 Å². The van der Waals surface area contributed by atoms with E-state index in [9.17, 15) is 14.9 Å². The fraction of sp³-hybridized carbons (Fsp3) is 0.421. The van der Waals surface area contributed by atoms with E-state index in [1.54, 1.807) is 4.90 Å². The largest absolute Gasteiger partial charge is 0.356 e. The fourth-order valence-electron chi connectivity index (χ4n) is 3.30. The van der Waals surface area contributed by atoms with E-state index in [2.05, 4.69) is 33.8 Å². The van der Waals surface area contributed by atoms with Crippen LogP contribution in [0.2, 0.25) is 5.02 Å². The summed E-state index contributed by atoms with van der Waals surface area (Å²) in [5, 5.41) is 19.6. The number of nitro benzene ring substituents is 1. The van der Waals surface area contributed by atoms with Crippen LogP contribution in [0, 0.1) is 10.1 Å². The zero-order chi connectivity index (χ0) is 21.0. The third-order valence-electron chi connectivity index (χ3n) is 5.01. The summed E-state index contributed by atoms with van der Waals surface area (Å²) in [7, 11) is 0. The molecule has 1 aliphatic heterocycles. The van der Waals surface area contributed by atoms with Gasteiger partial charge in [-0.15, -0.1) is 10.2 Å². The summed E-state index contributed by atoms with van der Waals surface area (Å²) in [6.45, 7) is 8.15. The first-order valence-corrected chi connectivity index (χ1v) is 9.89. The van der Waals surface area contributed by atoms with Gasteiger partial charge in [-0.1, -0.05) is 11.6 Å². The third-order valence-corrected chi connectivity index (χ3v) is 5.32. The Morgan fingerprint density at radius 2 is 1.83 bits per heavy atom. The van der Waals surface area contributed by atoms with Gasteiger partial charge in [-0.25, -0.2) is 0 Å². The van der Waals surface area contributed by atoms with Crippen molar-refractivity contribution in [2.24, 2.45) is 0 Å². The zero-order valence-electron chi connectivity index (χ0n) is 16.4. The molecule has 0 aliphatic carbocycles. The molecule has 2 heterocycles. The molecule has 9 nitrogen and oxygen atoms in total. The zero-order valence-corrected chi connectivity index (χ0v) is 17.2. The molecule has 154 valence electrons. The summed E-state index contributed by atoms with van der Waals surface area (Å²) in [5.41, 5.74) is 0.136. The predicted molar refractivity (Wildman–Crippen MR) is 112 cm³/mol. The fourth-order valence-corrected chi connectivity index (χ4v) is 3.56. The van der Waals surface area contributed by atoms with Crippen LogP contribution in [0.25, 0.3) is 0 Å². The summed E-state index contributed by atoms with van der Waals surface area (Å²) < 4.78 is 0. The predicted octanol–water partition coefficient (Wildman–Crippen LogP) is 2.85.